The van der Waals surface area contributed by atoms with Crippen molar-refractivity contribution in [3.8, 4) is 0 Å². The van der Waals surface area contributed by atoms with Crippen molar-refractivity contribution in [3.05, 3.63) is 0 Å². The van der Waals surface area contributed by atoms with E-state index >= 15 is 0 Å². The third-order valence-corrected chi connectivity index (χ3v) is 4.86. The molecule has 0 bridgehead atoms. The Morgan fingerprint density at radius 2 is 2.20 bits per heavy atom. The van der Waals surface area contributed by atoms with Crippen molar-refractivity contribution < 1.29 is 8.42 Å². The van der Waals surface area contributed by atoms with Crippen LogP contribution in [-0.2, 0) is 10.2 Å². The predicted octanol–water partition coefficient (Wildman–Crippen LogP) is 1.13. The van der Waals surface area contributed by atoms with E-state index in [0.29, 0.717) is 31.4 Å². The molecule has 0 aromatic rings. The summed E-state index contributed by atoms with van der Waals surface area (Å²) in [6.45, 7) is 3.73. The maximum atomic E-state index is 12.0. The van der Waals surface area contributed by atoms with Gasteiger partial charge in [0.2, 0.25) is 0 Å². The fourth-order valence-electron chi connectivity index (χ4n) is 1.79. The summed E-state index contributed by atoms with van der Waals surface area (Å²) in [7, 11) is -1.69. The van der Waals surface area contributed by atoms with Crippen LogP contribution in [0.3, 0.4) is 0 Å². The van der Waals surface area contributed by atoms with Gasteiger partial charge in [0.05, 0.1) is 0 Å². The molecule has 1 unspecified atom stereocenters. The van der Waals surface area contributed by atoms with Gasteiger partial charge in [-0.2, -0.15) is 17.0 Å². The molecule has 90 valence electrons. The molecule has 6 heteroatoms. The molecule has 1 atom stereocenters. The molecule has 4 nitrogen and oxygen atoms in total. The fraction of sp³-hybridized carbons (Fsp3) is 1.00. The second kappa shape index (κ2) is 5.48. The molecule has 1 fully saturated rings. The van der Waals surface area contributed by atoms with Gasteiger partial charge in [0, 0.05) is 32.6 Å². The summed E-state index contributed by atoms with van der Waals surface area (Å²) in [5, 5.41) is 0. The highest BCUT2D eigenvalue weighted by atomic mass is 35.5. The Morgan fingerprint density at radius 1 is 1.53 bits per heavy atom. The van der Waals surface area contributed by atoms with E-state index in [4.69, 9.17) is 11.6 Å². The number of piperidine rings is 1. The Morgan fingerprint density at radius 3 is 2.73 bits per heavy atom. The number of hydrogen-bond donors (Lipinski definition) is 0. The van der Waals surface area contributed by atoms with Gasteiger partial charge in [-0.15, -0.1) is 11.6 Å². The lowest BCUT2D eigenvalue weighted by atomic mass is 10.0. The minimum absolute atomic E-state index is 0.332. The molecule has 1 aliphatic rings. The highest BCUT2D eigenvalue weighted by molar-refractivity contribution is 7.86. The van der Waals surface area contributed by atoms with E-state index in [1.807, 2.05) is 0 Å². The van der Waals surface area contributed by atoms with Crippen molar-refractivity contribution in [2.45, 2.75) is 19.8 Å². The fourth-order valence-corrected chi connectivity index (χ4v) is 3.66. The van der Waals surface area contributed by atoms with Crippen LogP contribution in [0.25, 0.3) is 0 Å². The second-order valence-corrected chi connectivity index (χ2v) is 6.54. The van der Waals surface area contributed by atoms with Gasteiger partial charge in [-0.05, 0) is 18.8 Å². The highest BCUT2D eigenvalue weighted by Gasteiger charge is 2.29. The first kappa shape index (κ1) is 13.2. The molecule has 1 heterocycles. The van der Waals surface area contributed by atoms with E-state index in [9.17, 15) is 8.42 Å². The van der Waals surface area contributed by atoms with Crippen LogP contribution in [0.15, 0.2) is 0 Å². The predicted molar refractivity (Wildman–Crippen MR) is 62.2 cm³/mol. The quantitative estimate of drug-likeness (QED) is 0.706. The summed E-state index contributed by atoms with van der Waals surface area (Å²) in [4.78, 5) is 0. The van der Waals surface area contributed by atoms with E-state index in [-0.39, 0.29) is 0 Å². The number of alkyl halides is 1. The van der Waals surface area contributed by atoms with Crippen LogP contribution in [0.5, 0.6) is 0 Å². The highest BCUT2D eigenvalue weighted by Crippen LogP contribution is 2.19. The van der Waals surface area contributed by atoms with E-state index in [2.05, 4.69) is 6.92 Å². The van der Waals surface area contributed by atoms with Crippen LogP contribution in [0.4, 0.5) is 0 Å². The third-order valence-electron chi connectivity index (χ3n) is 2.74. The topological polar surface area (TPSA) is 40.6 Å². The standard InChI is InChI=1S/C9H19ClN2O2S/c1-9-4-3-6-12(8-9)15(13,14)11(2)7-5-10/h9H,3-8H2,1-2H3. The molecular formula is C9H19ClN2O2S. The number of nitrogens with zero attached hydrogens (tertiary/aromatic N) is 2. The maximum Gasteiger partial charge on any atom is 0.281 e. The van der Waals surface area contributed by atoms with E-state index in [1.54, 1.807) is 11.4 Å². The lowest BCUT2D eigenvalue weighted by Gasteiger charge is -2.32. The van der Waals surface area contributed by atoms with Gasteiger partial charge < -0.3 is 0 Å². The molecule has 0 amide bonds. The first-order chi connectivity index (χ1) is 6.98. The molecule has 0 aliphatic carbocycles. The van der Waals surface area contributed by atoms with Gasteiger partial charge in [0.25, 0.3) is 10.2 Å². The van der Waals surface area contributed by atoms with Crippen LogP contribution in [-0.4, -0.2) is 49.6 Å². The smallest absolute Gasteiger partial charge is 0.195 e. The van der Waals surface area contributed by atoms with Crippen molar-refractivity contribution in [2.75, 3.05) is 32.6 Å². The summed E-state index contributed by atoms with van der Waals surface area (Å²) in [5.41, 5.74) is 0. The Kier molecular flexibility index (Phi) is 4.83. The monoisotopic (exact) mass is 254 g/mol. The first-order valence-corrected chi connectivity index (χ1v) is 7.19. The van der Waals surface area contributed by atoms with Crippen molar-refractivity contribution in [2.24, 2.45) is 5.92 Å². The summed E-state index contributed by atoms with van der Waals surface area (Å²) in [6.07, 6.45) is 2.07. The van der Waals surface area contributed by atoms with Crippen LogP contribution >= 0.6 is 11.6 Å². The molecule has 1 saturated heterocycles. The van der Waals surface area contributed by atoms with Crippen LogP contribution in [0, 0.1) is 5.92 Å². The number of hydrogen-bond acceptors (Lipinski definition) is 2. The zero-order valence-electron chi connectivity index (χ0n) is 9.32. The molecule has 15 heavy (non-hydrogen) atoms. The molecule has 0 aromatic carbocycles. The molecule has 0 radical (unpaired) electrons. The molecule has 0 aromatic heterocycles. The van der Waals surface area contributed by atoms with Gasteiger partial charge in [-0.25, -0.2) is 0 Å². The first-order valence-electron chi connectivity index (χ1n) is 5.26. The molecule has 0 spiro atoms. The summed E-state index contributed by atoms with van der Waals surface area (Å²) in [6, 6.07) is 0. The Bertz CT molecular complexity index is 294. The molecule has 0 N–H and O–H groups in total. The average molecular weight is 255 g/mol. The summed E-state index contributed by atoms with van der Waals surface area (Å²) >= 11 is 5.55. The summed E-state index contributed by atoms with van der Waals surface area (Å²) < 4.78 is 26.9. The minimum Gasteiger partial charge on any atom is -0.195 e. The maximum absolute atomic E-state index is 12.0. The number of rotatable bonds is 4. The van der Waals surface area contributed by atoms with Crippen LogP contribution < -0.4 is 0 Å². The zero-order chi connectivity index (χ0) is 11.5. The second-order valence-electron chi connectivity index (χ2n) is 4.12. The number of halogens is 1. The molecule has 0 saturated carbocycles. The largest absolute Gasteiger partial charge is 0.281 e. The lowest BCUT2D eigenvalue weighted by molar-refractivity contribution is 0.265. The van der Waals surface area contributed by atoms with E-state index in [0.717, 1.165) is 12.8 Å². The summed E-state index contributed by atoms with van der Waals surface area (Å²) in [5.74, 6) is 0.789. The Balaban J connectivity index is 2.67. The third kappa shape index (κ3) is 3.31. The molecular weight excluding hydrogens is 236 g/mol. The minimum atomic E-state index is -3.27. The molecule has 1 rings (SSSR count). The zero-order valence-corrected chi connectivity index (χ0v) is 10.9. The van der Waals surface area contributed by atoms with Crippen molar-refractivity contribution >= 4 is 21.8 Å². The van der Waals surface area contributed by atoms with Gasteiger partial charge in [0.1, 0.15) is 0 Å². The Labute approximate surface area is 97.4 Å². The normalized spacial score (nSPS) is 24.7. The van der Waals surface area contributed by atoms with Gasteiger partial charge >= 0.3 is 0 Å². The molecule has 1 aliphatic heterocycles. The van der Waals surface area contributed by atoms with Gasteiger partial charge in [-0.3, -0.25) is 0 Å². The van der Waals surface area contributed by atoms with Gasteiger partial charge in [0.15, 0.2) is 0 Å². The Hall–Kier alpha value is 0.160. The van der Waals surface area contributed by atoms with Crippen molar-refractivity contribution in [3.63, 3.8) is 0 Å². The average Bonchev–Trinajstić information content (AvgIpc) is 2.18. The van der Waals surface area contributed by atoms with E-state index < -0.39 is 10.2 Å². The van der Waals surface area contributed by atoms with E-state index in [1.165, 1.54) is 4.31 Å². The van der Waals surface area contributed by atoms with Crippen molar-refractivity contribution in [1.82, 2.24) is 8.61 Å². The van der Waals surface area contributed by atoms with Crippen LogP contribution in [0.2, 0.25) is 0 Å². The van der Waals surface area contributed by atoms with Gasteiger partial charge in [-0.1, -0.05) is 6.92 Å². The van der Waals surface area contributed by atoms with Crippen LogP contribution in [0.1, 0.15) is 19.8 Å². The lowest BCUT2D eigenvalue weighted by Crippen LogP contribution is -2.46. The SMILES string of the molecule is CC1CCCN(S(=O)(=O)N(C)CCCl)C1. The van der Waals surface area contributed by atoms with Crippen molar-refractivity contribution in [1.29, 1.82) is 0 Å².